The summed E-state index contributed by atoms with van der Waals surface area (Å²) >= 11 is 0. The second-order valence-corrected chi connectivity index (χ2v) is 8.21. The zero-order chi connectivity index (χ0) is 21.9. The molecule has 5 nitrogen and oxygen atoms in total. The zero-order valence-electron chi connectivity index (χ0n) is 17.6. The number of anilines is 1. The number of likely N-dealkylation sites (tertiary alicyclic amines) is 1. The van der Waals surface area contributed by atoms with Gasteiger partial charge in [-0.3, -0.25) is 4.79 Å². The number of carbonyl (C=O) groups excluding carboxylic acids is 1. The van der Waals surface area contributed by atoms with Crippen LogP contribution in [-0.4, -0.2) is 28.9 Å². The van der Waals surface area contributed by atoms with E-state index in [-0.39, 0.29) is 11.8 Å². The van der Waals surface area contributed by atoms with Crippen molar-refractivity contribution in [1.82, 2.24) is 9.88 Å². The number of piperidine rings is 1. The number of pyridine rings is 1. The maximum atomic E-state index is 13.9. The second-order valence-electron chi connectivity index (χ2n) is 8.21. The number of amides is 1. The third kappa shape index (κ3) is 4.08. The van der Waals surface area contributed by atoms with E-state index in [0.29, 0.717) is 30.3 Å². The van der Waals surface area contributed by atoms with Crippen molar-refractivity contribution in [2.45, 2.75) is 18.8 Å². The van der Waals surface area contributed by atoms with Crippen LogP contribution < -0.4 is 10.1 Å². The molecule has 0 bridgehead atoms. The third-order valence-corrected chi connectivity index (χ3v) is 6.30. The summed E-state index contributed by atoms with van der Waals surface area (Å²) < 4.78 is 19.3. The lowest BCUT2D eigenvalue weighted by molar-refractivity contribution is 0.0683. The zero-order valence-corrected chi connectivity index (χ0v) is 17.6. The number of carbonyl (C=O) groups is 1. The Kier molecular flexibility index (Phi) is 5.58. The minimum Gasteiger partial charge on any atom is -0.461 e. The molecule has 2 aliphatic rings. The molecule has 162 valence electrons. The normalized spacial score (nSPS) is 16.6. The number of aromatic nitrogens is 1. The number of hydrogen-bond acceptors (Lipinski definition) is 4. The maximum Gasteiger partial charge on any atom is 0.253 e. The quantitative estimate of drug-likeness (QED) is 0.581. The van der Waals surface area contributed by atoms with Crippen molar-refractivity contribution in [2.75, 3.05) is 18.4 Å². The number of halogens is 1. The van der Waals surface area contributed by atoms with Gasteiger partial charge in [0.15, 0.2) is 0 Å². The first kappa shape index (κ1) is 20.2. The molecule has 1 aromatic heterocycles. The van der Waals surface area contributed by atoms with Crippen LogP contribution in [0, 0.1) is 11.9 Å². The van der Waals surface area contributed by atoms with Gasteiger partial charge in [0.25, 0.3) is 5.91 Å². The summed E-state index contributed by atoms with van der Waals surface area (Å²) in [4.78, 5) is 18.8. The van der Waals surface area contributed by atoms with Crippen molar-refractivity contribution in [1.29, 1.82) is 0 Å². The number of rotatable bonds is 4. The first-order chi connectivity index (χ1) is 15.7. The molecular formula is C26H24FN3O2. The number of benzene rings is 2. The average Bonchev–Trinajstić information content (AvgIpc) is 2.85. The molecule has 2 aliphatic heterocycles. The highest BCUT2D eigenvalue weighted by atomic mass is 19.1. The van der Waals surface area contributed by atoms with Gasteiger partial charge in [-0.15, -0.1) is 0 Å². The fraction of sp³-hybridized carbons (Fsp3) is 0.231. The SMILES string of the molecule is O=C(c1ccc2c(c1)NC=CO2)N1CCC([C@@H](c2ccccc2)c2ccnc(F)c2)CC1. The van der Waals surface area contributed by atoms with Crippen LogP contribution in [0.25, 0.3) is 0 Å². The lowest BCUT2D eigenvalue weighted by Gasteiger charge is -2.36. The summed E-state index contributed by atoms with van der Waals surface area (Å²) in [6.07, 6.45) is 6.51. The van der Waals surface area contributed by atoms with Crippen LogP contribution in [0.2, 0.25) is 0 Å². The van der Waals surface area contributed by atoms with Gasteiger partial charge in [0.1, 0.15) is 12.0 Å². The molecular weight excluding hydrogens is 405 g/mol. The molecule has 3 aromatic rings. The molecule has 1 saturated heterocycles. The van der Waals surface area contributed by atoms with Gasteiger partial charge >= 0.3 is 0 Å². The summed E-state index contributed by atoms with van der Waals surface area (Å²) in [5, 5.41) is 3.11. The van der Waals surface area contributed by atoms with Crippen LogP contribution >= 0.6 is 0 Å². The molecule has 0 radical (unpaired) electrons. The molecule has 6 heteroatoms. The fourth-order valence-electron chi connectivity index (χ4n) is 4.74. The predicted molar refractivity (Wildman–Crippen MR) is 121 cm³/mol. The van der Waals surface area contributed by atoms with Crippen LogP contribution in [0.3, 0.4) is 0 Å². The van der Waals surface area contributed by atoms with Gasteiger partial charge in [-0.2, -0.15) is 4.39 Å². The average molecular weight is 429 g/mol. The Morgan fingerprint density at radius 3 is 2.66 bits per heavy atom. The summed E-state index contributed by atoms with van der Waals surface area (Å²) in [6, 6.07) is 19.1. The van der Waals surface area contributed by atoms with Crippen LogP contribution in [-0.2, 0) is 0 Å². The van der Waals surface area contributed by atoms with Crippen LogP contribution in [0.4, 0.5) is 10.1 Å². The predicted octanol–water partition coefficient (Wildman–Crippen LogP) is 5.18. The highest BCUT2D eigenvalue weighted by molar-refractivity contribution is 5.95. The van der Waals surface area contributed by atoms with E-state index in [1.54, 1.807) is 18.5 Å². The summed E-state index contributed by atoms with van der Waals surface area (Å²) in [5.74, 6) is 0.651. The molecule has 1 amide bonds. The largest absolute Gasteiger partial charge is 0.461 e. The van der Waals surface area contributed by atoms with Gasteiger partial charge in [0.05, 0.1) is 5.69 Å². The number of fused-ring (bicyclic) bond motifs is 1. The monoisotopic (exact) mass is 429 g/mol. The van der Waals surface area contributed by atoms with Crippen molar-refractivity contribution < 1.29 is 13.9 Å². The highest BCUT2D eigenvalue weighted by Gasteiger charge is 2.31. The Morgan fingerprint density at radius 2 is 1.88 bits per heavy atom. The Bertz CT molecular complexity index is 1140. The second kappa shape index (κ2) is 8.83. The number of nitrogens with one attached hydrogen (secondary N) is 1. The molecule has 32 heavy (non-hydrogen) atoms. The van der Waals surface area contributed by atoms with Crippen LogP contribution in [0.1, 0.15) is 40.2 Å². The Labute approximate surface area is 186 Å². The highest BCUT2D eigenvalue weighted by Crippen LogP contribution is 2.38. The minimum atomic E-state index is -0.462. The standard InChI is InChI=1S/C26H24FN3O2/c27-24-17-20(8-11-29-24)25(18-4-2-1-3-5-18)19-9-13-30(14-10-19)26(31)21-6-7-23-22(16-21)28-12-15-32-23/h1-8,11-12,15-17,19,25,28H,9-10,13-14H2/t25-/m1/s1. The van der Waals surface area contributed by atoms with Gasteiger partial charge in [-0.1, -0.05) is 30.3 Å². The smallest absolute Gasteiger partial charge is 0.253 e. The molecule has 0 aliphatic carbocycles. The Morgan fingerprint density at radius 1 is 1.06 bits per heavy atom. The van der Waals surface area contributed by atoms with Gasteiger partial charge in [0, 0.05) is 37.0 Å². The molecule has 0 unspecified atom stereocenters. The van der Waals surface area contributed by atoms with Crippen molar-refractivity contribution in [2.24, 2.45) is 5.92 Å². The minimum absolute atomic E-state index is 0.0221. The van der Waals surface area contributed by atoms with E-state index in [1.165, 1.54) is 12.3 Å². The lowest BCUT2D eigenvalue weighted by Crippen LogP contribution is -2.40. The molecule has 0 spiro atoms. The molecule has 0 saturated carbocycles. The third-order valence-electron chi connectivity index (χ3n) is 6.30. The van der Waals surface area contributed by atoms with Gasteiger partial charge in [0.2, 0.25) is 5.95 Å². The molecule has 3 heterocycles. The fourth-order valence-corrected chi connectivity index (χ4v) is 4.74. The summed E-state index contributed by atoms with van der Waals surface area (Å²) in [5.41, 5.74) is 3.53. The molecule has 1 N–H and O–H groups in total. The van der Waals surface area contributed by atoms with Gasteiger partial charge in [-0.25, -0.2) is 4.98 Å². The lowest BCUT2D eigenvalue weighted by atomic mass is 9.76. The Hall–Kier alpha value is -3.67. The van der Waals surface area contributed by atoms with Crippen molar-refractivity contribution in [3.63, 3.8) is 0 Å². The van der Waals surface area contributed by atoms with E-state index >= 15 is 0 Å². The maximum absolute atomic E-state index is 13.9. The van der Waals surface area contributed by atoms with Crippen LogP contribution in [0.5, 0.6) is 5.75 Å². The first-order valence-corrected chi connectivity index (χ1v) is 10.9. The number of nitrogens with zero attached hydrogens (tertiary/aromatic N) is 2. The first-order valence-electron chi connectivity index (χ1n) is 10.9. The number of hydrogen-bond donors (Lipinski definition) is 1. The summed E-state index contributed by atoms with van der Waals surface area (Å²) in [6.45, 7) is 1.34. The molecule has 1 atom stereocenters. The van der Waals surface area contributed by atoms with Crippen molar-refractivity contribution >= 4 is 11.6 Å². The Balaban J connectivity index is 1.33. The van der Waals surface area contributed by atoms with Crippen molar-refractivity contribution in [3.05, 3.63) is 102 Å². The van der Waals surface area contributed by atoms with E-state index in [9.17, 15) is 9.18 Å². The van der Waals surface area contributed by atoms with E-state index in [4.69, 9.17) is 4.74 Å². The van der Waals surface area contributed by atoms with Crippen molar-refractivity contribution in [3.8, 4) is 5.75 Å². The molecule has 2 aromatic carbocycles. The van der Waals surface area contributed by atoms with Crippen LogP contribution in [0.15, 0.2) is 79.3 Å². The van der Waals surface area contributed by atoms with Gasteiger partial charge in [-0.05, 0) is 60.2 Å². The van der Waals surface area contributed by atoms with E-state index in [0.717, 1.165) is 29.7 Å². The van der Waals surface area contributed by atoms with E-state index < -0.39 is 5.95 Å². The molecule has 5 rings (SSSR count). The topological polar surface area (TPSA) is 54.5 Å². The van der Waals surface area contributed by atoms with Gasteiger partial charge < -0.3 is 15.0 Å². The molecule has 1 fully saturated rings. The van der Waals surface area contributed by atoms with E-state index in [2.05, 4.69) is 22.4 Å². The summed E-state index contributed by atoms with van der Waals surface area (Å²) in [7, 11) is 0. The van der Waals surface area contributed by atoms with E-state index in [1.807, 2.05) is 41.3 Å². The number of ether oxygens (including phenoxy) is 1.